The minimum atomic E-state index is -1.29. The number of hydrogen-bond acceptors (Lipinski definition) is 3. The Morgan fingerprint density at radius 2 is 2.05 bits per heavy atom. The molecule has 0 bridgehead atoms. The molecule has 0 radical (unpaired) electrons. The van der Waals surface area contributed by atoms with E-state index in [0.29, 0.717) is 22.7 Å². The molecule has 0 saturated carbocycles. The van der Waals surface area contributed by atoms with Crippen molar-refractivity contribution in [2.24, 2.45) is 0 Å². The maximum atomic E-state index is 12.4. The molecular formula is C15H16ClNO3S. The number of benzene rings is 1. The monoisotopic (exact) mass is 325 g/mol. The lowest BCUT2D eigenvalue weighted by Crippen LogP contribution is -2.52. The first-order valence-electron chi connectivity index (χ1n) is 6.62. The maximum absolute atomic E-state index is 12.4. The summed E-state index contributed by atoms with van der Waals surface area (Å²) < 4.78 is 0.903. The van der Waals surface area contributed by atoms with Crippen LogP contribution in [0.1, 0.15) is 36.4 Å². The van der Waals surface area contributed by atoms with Crippen LogP contribution in [0.4, 0.5) is 0 Å². The first-order valence-corrected chi connectivity index (χ1v) is 7.81. The number of fused-ring (bicyclic) bond motifs is 1. The topological polar surface area (TPSA) is 66.4 Å². The molecule has 0 spiro atoms. The Kier molecular flexibility index (Phi) is 4.54. The van der Waals surface area contributed by atoms with Crippen molar-refractivity contribution in [1.82, 2.24) is 5.32 Å². The zero-order valence-corrected chi connectivity index (χ0v) is 13.3. The number of carbonyl (C=O) groups excluding carboxylic acids is 1. The van der Waals surface area contributed by atoms with Gasteiger partial charge in [0.1, 0.15) is 10.4 Å². The average molecular weight is 326 g/mol. The van der Waals surface area contributed by atoms with E-state index in [1.807, 2.05) is 31.2 Å². The number of rotatable bonds is 5. The molecule has 1 aromatic heterocycles. The van der Waals surface area contributed by atoms with E-state index in [4.69, 9.17) is 11.6 Å². The molecule has 0 saturated heterocycles. The summed E-state index contributed by atoms with van der Waals surface area (Å²) in [5, 5.41) is 13.1. The van der Waals surface area contributed by atoms with Crippen LogP contribution in [0, 0.1) is 0 Å². The third kappa shape index (κ3) is 3.04. The minimum Gasteiger partial charge on any atom is -0.480 e. The van der Waals surface area contributed by atoms with Crippen LogP contribution < -0.4 is 5.32 Å². The van der Waals surface area contributed by atoms with Gasteiger partial charge in [-0.05, 0) is 19.4 Å². The number of carbonyl (C=O) groups is 2. The number of halogens is 1. The van der Waals surface area contributed by atoms with Gasteiger partial charge in [-0.15, -0.1) is 11.3 Å². The Labute approximate surface area is 131 Å². The lowest BCUT2D eigenvalue weighted by Gasteiger charge is -2.25. The summed E-state index contributed by atoms with van der Waals surface area (Å²) in [6.45, 7) is 3.39. The molecule has 112 valence electrons. The Balaban J connectivity index is 2.34. The predicted octanol–water partition coefficient (Wildman–Crippen LogP) is 3.93. The van der Waals surface area contributed by atoms with Gasteiger partial charge in [0.2, 0.25) is 0 Å². The van der Waals surface area contributed by atoms with Crippen molar-refractivity contribution in [3.8, 4) is 0 Å². The average Bonchev–Trinajstić information content (AvgIpc) is 2.77. The van der Waals surface area contributed by atoms with Gasteiger partial charge in [-0.3, -0.25) is 4.79 Å². The van der Waals surface area contributed by atoms with E-state index in [9.17, 15) is 14.7 Å². The van der Waals surface area contributed by atoms with Gasteiger partial charge in [0.15, 0.2) is 0 Å². The van der Waals surface area contributed by atoms with Gasteiger partial charge in [0.05, 0.1) is 5.02 Å². The minimum absolute atomic E-state index is 0.349. The van der Waals surface area contributed by atoms with Crippen molar-refractivity contribution in [1.29, 1.82) is 0 Å². The highest BCUT2D eigenvalue weighted by atomic mass is 35.5. The Hall–Kier alpha value is -1.59. The van der Waals surface area contributed by atoms with Crippen LogP contribution in [0.5, 0.6) is 0 Å². The molecule has 2 rings (SSSR count). The summed E-state index contributed by atoms with van der Waals surface area (Å²) in [7, 11) is 0. The summed E-state index contributed by atoms with van der Waals surface area (Å²) in [6, 6.07) is 7.44. The van der Waals surface area contributed by atoms with Crippen LogP contribution in [0.15, 0.2) is 24.3 Å². The second kappa shape index (κ2) is 6.03. The van der Waals surface area contributed by atoms with E-state index in [1.54, 1.807) is 0 Å². The van der Waals surface area contributed by atoms with Gasteiger partial charge in [-0.1, -0.05) is 43.1 Å². The highest BCUT2D eigenvalue weighted by Crippen LogP contribution is 2.35. The summed E-state index contributed by atoms with van der Waals surface area (Å²) >= 11 is 7.51. The maximum Gasteiger partial charge on any atom is 0.329 e. The number of hydrogen-bond donors (Lipinski definition) is 2. The molecule has 0 fully saturated rings. The second-order valence-corrected chi connectivity index (χ2v) is 6.51. The Bertz CT molecular complexity index is 697. The van der Waals surface area contributed by atoms with Crippen LogP contribution in [-0.4, -0.2) is 22.5 Å². The van der Waals surface area contributed by atoms with Gasteiger partial charge >= 0.3 is 5.97 Å². The van der Waals surface area contributed by atoms with E-state index in [0.717, 1.165) is 10.1 Å². The zero-order valence-electron chi connectivity index (χ0n) is 11.8. The van der Waals surface area contributed by atoms with Gasteiger partial charge in [0.25, 0.3) is 5.91 Å². The highest BCUT2D eigenvalue weighted by molar-refractivity contribution is 7.21. The summed E-state index contributed by atoms with van der Waals surface area (Å²) in [6.07, 6.45) is 1.01. The Morgan fingerprint density at radius 3 is 2.62 bits per heavy atom. The van der Waals surface area contributed by atoms with Crippen molar-refractivity contribution in [2.75, 3.05) is 0 Å². The van der Waals surface area contributed by atoms with Crippen molar-refractivity contribution in [3.63, 3.8) is 0 Å². The summed E-state index contributed by atoms with van der Waals surface area (Å²) in [5.74, 6) is -1.49. The third-order valence-electron chi connectivity index (χ3n) is 3.35. The zero-order chi connectivity index (χ0) is 15.6. The molecule has 1 atom stereocenters. The highest BCUT2D eigenvalue weighted by Gasteiger charge is 2.35. The molecule has 1 aromatic carbocycles. The number of carboxylic acid groups (broad SMARTS) is 1. The quantitative estimate of drug-likeness (QED) is 0.875. The van der Waals surface area contributed by atoms with Crippen molar-refractivity contribution in [3.05, 3.63) is 34.2 Å². The van der Waals surface area contributed by atoms with Crippen LogP contribution in [-0.2, 0) is 4.79 Å². The molecule has 0 aliphatic heterocycles. The first kappa shape index (κ1) is 15.8. The van der Waals surface area contributed by atoms with Crippen LogP contribution in [0.3, 0.4) is 0 Å². The number of nitrogens with one attached hydrogen (secondary N) is 1. The lowest BCUT2D eigenvalue weighted by atomic mass is 9.96. The molecule has 1 amide bonds. The molecule has 6 heteroatoms. The standard InChI is InChI=1S/C15H16ClNO3S/c1-3-8-15(2,14(19)20)17-13(18)12-11(16)9-6-4-5-7-10(9)21-12/h4-7H,3,8H2,1-2H3,(H,17,18)(H,19,20). The van der Waals surface area contributed by atoms with E-state index < -0.39 is 17.4 Å². The first-order chi connectivity index (χ1) is 9.89. The number of amides is 1. The van der Waals surface area contributed by atoms with Crippen LogP contribution in [0.2, 0.25) is 5.02 Å². The smallest absolute Gasteiger partial charge is 0.329 e. The lowest BCUT2D eigenvalue weighted by molar-refractivity contribution is -0.144. The Morgan fingerprint density at radius 1 is 1.38 bits per heavy atom. The SMILES string of the molecule is CCCC(C)(NC(=O)c1sc2ccccc2c1Cl)C(=O)O. The van der Waals surface area contributed by atoms with Gasteiger partial charge in [-0.2, -0.15) is 0 Å². The molecule has 1 heterocycles. The van der Waals surface area contributed by atoms with E-state index >= 15 is 0 Å². The van der Waals surface area contributed by atoms with E-state index in [-0.39, 0.29) is 0 Å². The normalized spacial score (nSPS) is 13.9. The van der Waals surface area contributed by atoms with Crippen molar-refractivity contribution in [2.45, 2.75) is 32.2 Å². The molecule has 0 aliphatic rings. The summed E-state index contributed by atoms with van der Waals surface area (Å²) in [4.78, 5) is 24.1. The molecule has 1 unspecified atom stereocenters. The van der Waals surface area contributed by atoms with Crippen molar-refractivity contribution >= 4 is 44.9 Å². The number of carboxylic acids is 1. The van der Waals surface area contributed by atoms with Gasteiger partial charge in [-0.25, -0.2) is 4.79 Å². The second-order valence-electron chi connectivity index (χ2n) is 5.08. The fraction of sp³-hybridized carbons (Fsp3) is 0.333. The molecule has 2 N–H and O–H groups in total. The molecule has 4 nitrogen and oxygen atoms in total. The molecule has 2 aromatic rings. The molecule has 0 aliphatic carbocycles. The van der Waals surface area contributed by atoms with Crippen LogP contribution in [0.25, 0.3) is 10.1 Å². The summed E-state index contributed by atoms with van der Waals surface area (Å²) in [5.41, 5.74) is -1.29. The van der Waals surface area contributed by atoms with Crippen molar-refractivity contribution < 1.29 is 14.7 Å². The number of thiophene rings is 1. The van der Waals surface area contributed by atoms with Crippen LogP contribution >= 0.6 is 22.9 Å². The third-order valence-corrected chi connectivity index (χ3v) is 5.03. The molecule has 21 heavy (non-hydrogen) atoms. The predicted molar refractivity (Wildman–Crippen MR) is 85.3 cm³/mol. The van der Waals surface area contributed by atoms with E-state index in [2.05, 4.69) is 5.32 Å². The fourth-order valence-corrected chi connectivity index (χ4v) is 3.60. The van der Waals surface area contributed by atoms with Gasteiger partial charge in [0, 0.05) is 10.1 Å². The van der Waals surface area contributed by atoms with Gasteiger partial charge < -0.3 is 10.4 Å². The molecular weight excluding hydrogens is 310 g/mol. The number of aliphatic carboxylic acids is 1. The van der Waals surface area contributed by atoms with E-state index in [1.165, 1.54) is 18.3 Å². The fourth-order valence-electron chi connectivity index (χ4n) is 2.19. The largest absolute Gasteiger partial charge is 0.480 e.